The molecule has 4 nitrogen and oxygen atoms in total. The second-order valence-corrected chi connectivity index (χ2v) is 6.91. The topological polar surface area (TPSA) is 48.4 Å². The zero-order chi connectivity index (χ0) is 17.4. The maximum atomic E-state index is 11.1. The molecule has 0 spiro atoms. The Hall–Kier alpha value is -1.42. The lowest BCUT2D eigenvalue weighted by Gasteiger charge is -2.31. The third-order valence-corrected chi connectivity index (χ3v) is 4.83. The van der Waals surface area contributed by atoms with Crippen LogP contribution in [0.2, 0.25) is 0 Å². The van der Waals surface area contributed by atoms with Crippen molar-refractivity contribution in [2.24, 2.45) is 5.92 Å². The van der Waals surface area contributed by atoms with E-state index in [1.54, 1.807) is 6.20 Å². The fourth-order valence-electron chi connectivity index (χ4n) is 3.21. The minimum atomic E-state index is -0.236. The van der Waals surface area contributed by atoms with E-state index in [1.807, 2.05) is 6.92 Å². The predicted octanol–water partition coefficient (Wildman–Crippen LogP) is 5.21. The van der Waals surface area contributed by atoms with Crippen LogP contribution in [0.3, 0.4) is 0 Å². The normalized spacial score (nSPS) is 17.9. The van der Waals surface area contributed by atoms with Gasteiger partial charge in [-0.3, -0.25) is 9.78 Å². The van der Waals surface area contributed by atoms with Crippen LogP contribution < -0.4 is 4.74 Å². The zero-order valence-corrected chi connectivity index (χ0v) is 15.3. The van der Waals surface area contributed by atoms with Crippen molar-refractivity contribution in [1.29, 1.82) is 0 Å². The van der Waals surface area contributed by atoms with Crippen LogP contribution in [0.1, 0.15) is 86.8 Å². The van der Waals surface area contributed by atoms with E-state index in [0.717, 1.165) is 29.7 Å². The van der Waals surface area contributed by atoms with Gasteiger partial charge in [-0.05, 0) is 13.3 Å². The first-order chi connectivity index (χ1) is 11.7. The summed E-state index contributed by atoms with van der Waals surface area (Å²) in [7, 11) is 0. The Balaban J connectivity index is 1.79. The molecule has 0 aromatic carbocycles. The maximum Gasteiger partial charge on any atom is 0.202 e. The summed E-state index contributed by atoms with van der Waals surface area (Å²) < 4.78 is 11.9. The molecule has 0 aliphatic carbocycles. The highest BCUT2D eigenvalue weighted by Gasteiger charge is 2.28. The molecular formula is C20H31NO3. The fourth-order valence-corrected chi connectivity index (χ4v) is 3.21. The Bertz CT molecular complexity index is 530. The third kappa shape index (κ3) is 5.04. The molecular weight excluding hydrogens is 302 g/mol. The molecule has 24 heavy (non-hydrogen) atoms. The number of carbonyl (C=O) groups is 1. The van der Waals surface area contributed by atoms with Crippen molar-refractivity contribution in [2.45, 2.75) is 85.0 Å². The summed E-state index contributed by atoms with van der Waals surface area (Å²) in [5.74, 6) is 1.08. The van der Waals surface area contributed by atoms with Crippen molar-refractivity contribution in [3.63, 3.8) is 0 Å². The third-order valence-electron chi connectivity index (χ3n) is 4.83. The van der Waals surface area contributed by atoms with Gasteiger partial charge in [-0.25, -0.2) is 0 Å². The first-order valence-corrected chi connectivity index (χ1v) is 9.39. The summed E-state index contributed by atoms with van der Waals surface area (Å²) in [6.07, 6.45) is 12.5. The first kappa shape index (κ1) is 18.9. The largest absolute Gasteiger partial charge is 0.462 e. The van der Waals surface area contributed by atoms with Gasteiger partial charge in [-0.1, -0.05) is 58.8 Å². The number of carbonyl (C=O) groups excluding carboxylic acids is 1. The number of nitrogens with zero attached hydrogens (tertiary/aromatic N) is 1. The second-order valence-electron chi connectivity index (χ2n) is 6.91. The quantitative estimate of drug-likeness (QED) is 0.435. The monoisotopic (exact) mass is 333 g/mol. The van der Waals surface area contributed by atoms with E-state index in [-0.39, 0.29) is 6.29 Å². The van der Waals surface area contributed by atoms with Crippen LogP contribution in [0.25, 0.3) is 0 Å². The average Bonchev–Trinajstić information content (AvgIpc) is 2.61. The number of fused-ring (bicyclic) bond motifs is 1. The lowest BCUT2D eigenvalue weighted by molar-refractivity contribution is -0.138. The predicted molar refractivity (Wildman–Crippen MR) is 95.3 cm³/mol. The van der Waals surface area contributed by atoms with Crippen molar-refractivity contribution < 1.29 is 14.3 Å². The summed E-state index contributed by atoms with van der Waals surface area (Å²) in [5, 5.41) is 0. The lowest BCUT2D eigenvalue weighted by Crippen LogP contribution is -2.32. The molecule has 4 heteroatoms. The minimum absolute atomic E-state index is 0.236. The number of unbranched alkanes of at least 4 members (excludes halogenated alkanes) is 6. The number of pyridine rings is 1. The van der Waals surface area contributed by atoms with Crippen molar-refractivity contribution in [3.05, 3.63) is 23.0 Å². The molecule has 2 unspecified atom stereocenters. The van der Waals surface area contributed by atoms with Crippen molar-refractivity contribution in [1.82, 2.24) is 4.98 Å². The summed E-state index contributed by atoms with van der Waals surface area (Å²) in [6, 6.07) is 0. The molecule has 2 heterocycles. The van der Waals surface area contributed by atoms with Gasteiger partial charge in [0.1, 0.15) is 5.75 Å². The minimum Gasteiger partial charge on any atom is -0.462 e. The molecule has 0 radical (unpaired) electrons. The molecule has 0 bridgehead atoms. The number of rotatable bonds is 10. The van der Waals surface area contributed by atoms with Crippen molar-refractivity contribution in [2.75, 3.05) is 0 Å². The highest BCUT2D eigenvalue weighted by atomic mass is 16.7. The van der Waals surface area contributed by atoms with Gasteiger partial charge in [0, 0.05) is 23.2 Å². The number of aromatic nitrogens is 1. The molecule has 134 valence electrons. The average molecular weight is 333 g/mol. The highest BCUT2D eigenvalue weighted by molar-refractivity contribution is 5.78. The maximum absolute atomic E-state index is 11.1. The van der Waals surface area contributed by atoms with E-state index in [9.17, 15) is 4.79 Å². The van der Waals surface area contributed by atoms with E-state index < -0.39 is 0 Å². The molecule has 0 saturated heterocycles. The first-order valence-electron chi connectivity index (χ1n) is 9.39. The molecule has 1 aliphatic rings. The Labute approximate surface area is 146 Å². The van der Waals surface area contributed by atoms with Gasteiger partial charge in [0.05, 0.1) is 12.3 Å². The van der Waals surface area contributed by atoms with Crippen LogP contribution in [-0.2, 0) is 11.3 Å². The molecule has 0 saturated carbocycles. The van der Waals surface area contributed by atoms with Gasteiger partial charge in [0.15, 0.2) is 6.29 Å². The van der Waals surface area contributed by atoms with Crippen molar-refractivity contribution >= 4 is 6.29 Å². The number of hydrogen-bond acceptors (Lipinski definition) is 4. The van der Waals surface area contributed by atoms with E-state index in [1.165, 1.54) is 44.9 Å². The van der Waals surface area contributed by atoms with Crippen LogP contribution >= 0.6 is 0 Å². The number of ether oxygens (including phenoxy) is 2. The summed E-state index contributed by atoms with van der Waals surface area (Å²) in [6.45, 7) is 6.77. The van der Waals surface area contributed by atoms with E-state index in [4.69, 9.17) is 9.47 Å². The van der Waals surface area contributed by atoms with Gasteiger partial charge in [0.2, 0.25) is 6.29 Å². The van der Waals surface area contributed by atoms with Gasteiger partial charge in [-0.2, -0.15) is 0 Å². The molecule has 0 amide bonds. The van der Waals surface area contributed by atoms with Gasteiger partial charge in [0.25, 0.3) is 0 Å². The molecule has 1 aromatic heterocycles. The Morgan fingerprint density at radius 3 is 2.67 bits per heavy atom. The SMILES string of the molecule is CCCCCCCCCC(C)C1OCc2c(C=O)cnc(C)c2O1. The van der Waals surface area contributed by atoms with Crippen LogP contribution in [0.5, 0.6) is 5.75 Å². The van der Waals surface area contributed by atoms with Gasteiger partial charge < -0.3 is 9.47 Å². The Kier molecular flexibility index (Phi) is 7.70. The molecule has 0 N–H and O–H groups in total. The van der Waals surface area contributed by atoms with Crippen LogP contribution in [0.15, 0.2) is 6.20 Å². The van der Waals surface area contributed by atoms with Crippen molar-refractivity contribution in [3.8, 4) is 5.75 Å². The molecule has 2 rings (SSSR count). The van der Waals surface area contributed by atoms with E-state index >= 15 is 0 Å². The van der Waals surface area contributed by atoms with Crippen LogP contribution in [-0.4, -0.2) is 17.6 Å². The summed E-state index contributed by atoms with van der Waals surface area (Å²) in [4.78, 5) is 15.4. The number of hydrogen-bond donors (Lipinski definition) is 0. The van der Waals surface area contributed by atoms with E-state index in [0.29, 0.717) is 18.1 Å². The molecule has 1 aliphatic heterocycles. The summed E-state index contributed by atoms with van der Waals surface area (Å²) in [5.41, 5.74) is 2.22. The second kappa shape index (κ2) is 9.77. The van der Waals surface area contributed by atoms with Gasteiger partial charge in [-0.15, -0.1) is 0 Å². The van der Waals surface area contributed by atoms with E-state index in [2.05, 4.69) is 18.8 Å². The number of aldehydes is 1. The molecule has 2 atom stereocenters. The zero-order valence-electron chi connectivity index (χ0n) is 15.3. The lowest BCUT2D eigenvalue weighted by atomic mass is 10.00. The Morgan fingerprint density at radius 1 is 1.25 bits per heavy atom. The van der Waals surface area contributed by atoms with Crippen LogP contribution in [0, 0.1) is 12.8 Å². The smallest absolute Gasteiger partial charge is 0.202 e. The fraction of sp³-hybridized carbons (Fsp3) is 0.700. The number of aryl methyl sites for hydroxylation is 1. The van der Waals surface area contributed by atoms with Gasteiger partial charge >= 0.3 is 0 Å². The highest BCUT2D eigenvalue weighted by Crippen LogP contribution is 2.33. The summed E-state index contributed by atoms with van der Waals surface area (Å²) >= 11 is 0. The molecule has 1 aromatic rings. The standard InChI is InChI=1S/C20H31NO3/c1-4-5-6-7-8-9-10-11-15(2)20-23-14-18-17(13-22)12-21-16(3)19(18)24-20/h12-13,15,20H,4-11,14H2,1-3H3. The molecule has 0 fully saturated rings. The van der Waals surface area contributed by atoms with Crippen LogP contribution in [0.4, 0.5) is 0 Å². The Morgan fingerprint density at radius 2 is 1.96 bits per heavy atom.